The van der Waals surface area contributed by atoms with Crippen molar-refractivity contribution in [1.29, 1.82) is 0 Å². The van der Waals surface area contributed by atoms with Crippen LogP contribution in [0.5, 0.6) is 0 Å². The van der Waals surface area contributed by atoms with Gasteiger partial charge in [0.1, 0.15) is 0 Å². The molecule has 0 saturated carbocycles. The summed E-state index contributed by atoms with van der Waals surface area (Å²) in [5, 5.41) is 2.61. The molecule has 1 fully saturated rings. The molecule has 1 saturated heterocycles. The second-order valence-corrected chi connectivity index (χ2v) is 3.85. The molecule has 0 aromatic heterocycles. The summed E-state index contributed by atoms with van der Waals surface area (Å²) in [4.78, 5) is 24.0. The number of nitrogens with zero attached hydrogens (tertiary/aromatic N) is 1. The number of benzene rings is 1. The fourth-order valence-electron chi connectivity index (χ4n) is 1.60. The van der Waals surface area contributed by atoms with Crippen LogP contribution in [0.25, 0.3) is 0 Å². The third-order valence-corrected chi connectivity index (χ3v) is 2.62. The lowest BCUT2D eigenvalue weighted by atomic mass is 10.2. The van der Waals surface area contributed by atoms with Crippen molar-refractivity contribution in [2.75, 3.05) is 4.90 Å². The highest BCUT2D eigenvalue weighted by Gasteiger charge is 2.31. The van der Waals surface area contributed by atoms with E-state index in [1.807, 2.05) is 0 Å². The number of hydrogen-bond donors (Lipinski definition) is 2. The highest BCUT2D eigenvalue weighted by atomic mass is 35.5. The lowest BCUT2D eigenvalue weighted by Gasteiger charge is -2.32. The third kappa shape index (κ3) is 1.87. The molecule has 3 N–H and O–H groups in total. The van der Waals surface area contributed by atoms with Crippen molar-refractivity contribution in [1.82, 2.24) is 5.32 Å². The Kier molecular flexibility index (Phi) is 2.80. The number of amides is 3. The first-order valence-corrected chi connectivity index (χ1v) is 5.10. The number of carbonyl (C=O) groups is 2. The maximum Gasteiger partial charge on any atom is 0.329 e. The molecule has 1 heterocycles. The van der Waals surface area contributed by atoms with Crippen LogP contribution in [0.3, 0.4) is 0 Å². The van der Waals surface area contributed by atoms with E-state index in [1.165, 1.54) is 4.90 Å². The molecule has 1 unspecified atom stereocenters. The quantitative estimate of drug-likeness (QED) is 0.770. The molecule has 0 aliphatic carbocycles. The van der Waals surface area contributed by atoms with E-state index in [0.29, 0.717) is 10.7 Å². The second-order valence-electron chi connectivity index (χ2n) is 3.45. The summed E-state index contributed by atoms with van der Waals surface area (Å²) in [6, 6.07) is 6.30. The number of anilines is 1. The molecule has 1 aromatic carbocycles. The molecule has 5 nitrogen and oxygen atoms in total. The van der Waals surface area contributed by atoms with Crippen LogP contribution in [0.15, 0.2) is 24.3 Å². The van der Waals surface area contributed by atoms with Gasteiger partial charge >= 0.3 is 6.03 Å². The highest BCUT2D eigenvalue weighted by Crippen LogP contribution is 2.27. The number of hydrogen-bond acceptors (Lipinski definition) is 3. The Bertz CT molecular complexity index is 449. The summed E-state index contributed by atoms with van der Waals surface area (Å²) in [6.45, 7) is 0. The third-order valence-electron chi connectivity index (χ3n) is 2.30. The van der Waals surface area contributed by atoms with Crippen molar-refractivity contribution in [3.8, 4) is 0 Å². The Hall–Kier alpha value is -1.59. The van der Waals surface area contributed by atoms with Crippen molar-refractivity contribution in [3.63, 3.8) is 0 Å². The topological polar surface area (TPSA) is 75.4 Å². The molecule has 1 aromatic rings. The molecule has 1 aliphatic rings. The number of carbonyl (C=O) groups excluding carboxylic acids is 2. The van der Waals surface area contributed by atoms with Crippen molar-refractivity contribution < 1.29 is 9.59 Å². The minimum atomic E-state index is -0.679. The maximum atomic E-state index is 11.6. The first-order chi connectivity index (χ1) is 7.59. The van der Waals surface area contributed by atoms with Gasteiger partial charge in [0.25, 0.3) is 0 Å². The molecule has 84 valence electrons. The Morgan fingerprint density at radius 2 is 2.06 bits per heavy atom. The second kappa shape index (κ2) is 4.11. The Morgan fingerprint density at radius 1 is 1.38 bits per heavy atom. The smallest absolute Gasteiger partial charge is 0.310 e. The number of imide groups is 1. The molecule has 0 radical (unpaired) electrons. The molecule has 6 heteroatoms. The van der Waals surface area contributed by atoms with E-state index >= 15 is 0 Å². The van der Waals surface area contributed by atoms with Crippen LogP contribution in [-0.2, 0) is 4.79 Å². The fraction of sp³-hybridized carbons (Fsp3) is 0.200. The molecule has 3 amide bonds. The van der Waals surface area contributed by atoms with Gasteiger partial charge in [-0.2, -0.15) is 0 Å². The number of halogens is 1. The zero-order chi connectivity index (χ0) is 11.7. The summed E-state index contributed by atoms with van der Waals surface area (Å²) in [5.41, 5.74) is 6.25. The van der Waals surface area contributed by atoms with Gasteiger partial charge in [0.2, 0.25) is 5.91 Å². The van der Waals surface area contributed by atoms with Gasteiger partial charge in [0, 0.05) is 0 Å². The monoisotopic (exact) mass is 239 g/mol. The maximum absolute atomic E-state index is 11.6. The predicted molar refractivity (Wildman–Crippen MR) is 60.1 cm³/mol. The Balaban J connectivity index is 2.37. The number of urea groups is 1. The summed E-state index contributed by atoms with van der Waals surface area (Å²) in [7, 11) is 0. The highest BCUT2D eigenvalue weighted by molar-refractivity contribution is 6.34. The van der Waals surface area contributed by atoms with Crippen molar-refractivity contribution in [2.45, 2.75) is 12.6 Å². The number of rotatable bonds is 1. The van der Waals surface area contributed by atoms with E-state index in [-0.39, 0.29) is 12.3 Å². The van der Waals surface area contributed by atoms with Crippen molar-refractivity contribution in [3.05, 3.63) is 29.3 Å². The van der Waals surface area contributed by atoms with Gasteiger partial charge in [-0.25, -0.2) is 4.79 Å². The van der Waals surface area contributed by atoms with Gasteiger partial charge in [0.15, 0.2) is 0 Å². The average Bonchev–Trinajstić information content (AvgIpc) is 2.19. The van der Waals surface area contributed by atoms with E-state index < -0.39 is 12.2 Å². The van der Waals surface area contributed by atoms with E-state index in [4.69, 9.17) is 17.3 Å². The fourth-order valence-corrected chi connectivity index (χ4v) is 1.82. The summed E-state index contributed by atoms with van der Waals surface area (Å²) < 4.78 is 0. The van der Waals surface area contributed by atoms with Crippen LogP contribution < -0.4 is 16.0 Å². The van der Waals surface area contributed by atoms with Gasteiger partial charge in [-0.1, -0.05) is 23.7 Å². The molecular formula is C10H10ClN3O2. The molecule has 2 rings (SSSR count). The first kappa shape index (κ1) is 10.9. The SMILES string of the molecule is NC1CC(=O)NC(=O)N1c1ccccc1Cl. The van der Waals surface area contributed by atoms with Gasteiger partial charge in [-0.05, 0) is 12.1 Å². The van der Waals surface area contributed by atoms with E-state index in [0.717, 1.165) is 0 Å². The van der Waals surface area contributed by atoms with Gasteiger partial charge in [0.05, 0.1) is 23.3 Å². The molecule has 1 atom stereocenters. The Morgan fingerprint density at radius 3 is 2.69 bits per heavy atom. The summed E-state index contributed by atoms with van der Waals surface area (Å²) >= 11 is 5.96. The van der Waals surface area contributed by atoms with Crippen LogP contribution in [0.1, 0.15) is 6.42 Å². The molecule has 0 spiro atoms. The zero-order valence-electron chi connectivity index (χ0n) is 8.31. The largest absolute Gasteiger partial charge is 0.329 e. The lowest BCUT2D eigenvalue weighted by Crippen LogP contribution is -2.58. The van der Waals surface area contributed by atoms with E-state index in [2.05, 4.69) is 5.32 Å². The minimum Gasteiger partial charge on any atom is -0.310 e. The number of nitrogens with two attached hydrogens (primary N) is 1. The number of para-hydroxylation sites is 1. The molecule has 1 aliphatic heterocycles. The minimum absolute atomic E-state index is 0.0664. The average molecular weight is 240 g/mol. The summed E-state index contributed by atoms with van der Waals surface area (Å²) in [6.07, 6.45) is -0.613. The van der Waals surface area contributed by atoms with Crippen LogP contribution in [0.4, 0.5) is 10.5 Å². The number of nitrogens with one attached hydrogen (secondary N) is 1. The summed E-state index contributed by atoms with van der Waals surface area (Å²) in [5.74, 6) is -0.374. The van der Waals surface area contributed by atoms with Crippen molar-refractivity contribution in [2.24, 2.45) is 5.73 Å². The van der Waals surface area contributed by atoms with Crippen molar-refractivity contribution >= 4 is 29.2 Å². The van der Waals surface area contributed by atoms with Crippen LogP contribution in [-0.4, -0.2) is 18.1 Å². The Labute approximate surface area is 97.2 Å². The van der Waals surface area contributed by atoms with Crippen LogP contribution in [0, 0.1) is 0 Å². The van der Waals surface area contributed by atoms with Crippen LogP contribution >= 0.6 is 11.6 Å². The van der Waals surface area contributed by atoms with Gasteiger partial charge in [-0.3, -0.25) is 15.0 Å². The first-order valence-electron chi connectivity index (χ1n) is 4.73. The van der Waals surface area contributed by atoms with Gasteiger partial charge in [-0.15, -0.1) is 0 Å². The lowest BCUT2D eigenvalue weighted by molar-refractivity contribution is -0.120. The standard InChI is InChI=1S/C10H10ClN3O2/c11-6-3-1-2-4-7(6)14-8(12)5-9(15)13-10(14)16/h1-4,8H,5,12H2,(H,13,15,16). The molecule has 0 bridgehead atoms. The van der Waals surface area contributed by atoms with Gasteiger partial charge < -0.3 is 5.73 Å². The molecular weight excluding hydrogens is 230 g/mol. The normalized spacial score (nSPS) is 20.9. The predicted octanol–water partition coefficient (Wildman–Crippen LogP) is 1.07. The van der Waals surface area contributed by atoms with E-state index in [9.17, 15) is 9.59 Å². The molecule has 16 heavy (non-hydrogen) atoms. The van der Waals surface area contributed by atoms with E-state index in [1.54, 1.807) is 24.3 Å². The zero-order valence-corrected chi connectivity index (χ0v) is 9.07. The van der Waals surface area contributed by atoms with Crippen LogP contribution in [0.2, 0.25) is 5.02 Å².